The van der Waals surface area contributed by atoms with Crippen molar-refractivity contribution in [2.75, 3.05) is 5.75 Å². The summed E-state index contributed by atoms with van der Waals surface area (Å²) < 4.78 is 27.6. The van der Waals surface area contributed by atoms with Gasteiger partial charge in [-0.1, -0.05) is 33.1 Å². The average Bonchev–Trinajstić information content (AvgIpc) is 2.31. The molecule has 0 aliphatic heterocycles. The van der Waals surface area contributed by atoms with Crippen LogP contribution in [0.1, 0.15) is 53.8 Å². The van der Waals surface area contributed by atoms with Crippen molar-refractivity contribution in [1.29, 1.82) is 0 Å². The van der Waals surface area contributed by atoms with E-state index in [1.54, 1.807) is 0 Å². The largest absolute Gasteiger partial charge is 1.00 e. The van der Waals surface area contributed by atoms with Gasteiger partial charge in [-0.2, -0.15) is 8.42 Å². The van der Waals surface area contributed by atoms with Crippen molar-refractivity contribution < 1.29 is 58.3 Å². The van der Waals surface area contributed by atoms with Crippen molar-refractivity contribution in [1.82, 2.24) is 0 Å². The van der Waals surface area contributed by atoms with Gasteiger partial charge in [0.05, 0.1) is 18.6 Å². The predicted molar refractivity (Wildman–Crippen MR) is 71.2 cm³/mol. The fraction of sp³-hybridized carbons (Fsp3) is 0.833. The molecule has 20 heavy (non-hydrogen) atoms. The first kappa shape index (κ1) is 22.2. The van der Waals surface area contributed by atoms with E-state index in [1.807, 2.05) is 13.8 Å². The molecule has 0 amide bonds. The Morgan fingerprint density at radius 1 is 1.25 bits per heavy atom. The number of rotatable bonds is 10. The second-order valence-corrected chi connectivity index (χ2v) is 6.11. The maximum absolute atomic E-state index is 11.6. The van der Waals surface area contributed by atoms with Gasteiger partial charge < -0.3 is 10.7 Å². The number of carboxylic acids is 1. The monoisotopic (exact) mass is 318 g/mol. The molecule has 8 heteroatoms. The quantitative estimate of drug-likeness (QED) is 0.412. The minimum absolute atomic E-state index is 0. The minimum Gasteiger partial charge on any atom is -1.00 e. The fourth-order valence-corrected chi connectivity index (χ4v) is 3.03. The number of hydrogen-bond acceptors (Lipinski definition) is 5. The summed E-state index contributed by atoms with van der Waals surface area (Å²) in [6, 6.07) is 0. The van der Waals surface area contributed by atoms with Crippen molar-refractivity contribution in [2.45, 2.75) is 52.4 Å². The van der Waals surface area contributed by atoms with Gasteiger partial charge in [0.25, 0.3) is 0 Å². The molecular formula is C12H23NaO6S. The zero-order valence-electron chi connectivity index (χ0n) is 13.4. The van der Waals surface area contributed by atoms with Gasteiger partial charge in [0.15, 0.2) is 0 Å². The topological polar surface area (TPSA) is 97.7 Å². The normalized spacial score (nSPS) is 12.3. The van der Waals surface area contributed by atoms with Crippen LogP contribution in [-0.4, -0.2) is 31.2 Å². The fourth-order valence-electron chi connectivity index (χ4n) is 1.61. The van der Waals surface area contributed by atoms with Crippen LogP contribution in [0.2, 0.25) is 0 Å². The van der Waals surface area contributed by atoms with E-state index in [9.17, 15) is 18.0 Å². The Bertz CT molecular complexity index is 399. The van der Waals surface area contributed by atoms with Gasteiger partial charge >= 0.3 is 51.6 Å². The summed E-state index contributed by atoms with van der Waals surface area (Å²) >= 11 is 0. The number of carboxylic acid groups (broad SMARTS) is 1. The Morgan fingerprint density at radius 3 is 2.30 bits per heavy atom. The third-order valence-electron chi connectivity index (χ3n) is 2.75. The third kappa shape index (κ3) is 11.7. The maximum Gasteiger partial charge on any atom is 1.00 e. The molecule has 0 aliphatic rings. The van der Waals surface area contributed by atoms with E-state index in [0.717, 1.165) is 19.3 Å². The zero-order valence-corrected chi connectivity index (χ0v) is 15.2. The van der Waals surface area contributed by atoms with Crippen LogP contribution in [0.25, 0.3) is 0 Å². The molecule has 0 saturated carbocycles. The Kier molecular flexibility index (Phi) is 12.8. The second kappa shape index (κ2) is 11.5. The summed E-state index contributed by atoms with van der Waals surface area (Å²) in [6.07, 6.45) is 2.53. The first-order valence-corrected chi connectivity index (χ1v) is 8.05. The van der Waals surface area contributed by atoms with Gasteiger partial charge in [-0.3, -0.25) is 9.59 Å². The van der Waals surface area contributed by atoms with E-state index in [2.05, 4.69) is 4.18 Å². The summed E-state index contributed by atoms with van der Waals surface area (Å²) in [5.41, 5.74) is 0. The molecule has 0 heterocycles. The Balaban J connectivity index is -0.00000162. The predicted octanol–water partition coefficient (Wildman–Crippen LogP) is -0.943. The minimum atomic E-state index is -3.91. The van der Waals surface area contributed by atoms with Gasteiger partial charge in [0.1, 0.15) is 0 Å². The third-order valence-corrected chi connectivity index (χ3v) is 4.07. The van der Waals surface area contributed by atoms with Gasteiger partial charge in [-0.15, -0.1) is 0 Å². The molecule has 1 N–H and O–H groups in total. The van der Waals surface area contributed by atoms with Crippen LogP contribution in [-0.2, 0) is 23.9 Å². The summed E-state index contributed by atoms with van der Waals surface area (Å²) in [5, 5.41) is 8.38. The number of hydrogen-bond donors (Lipinski definition) is 1. The molecule has 0 saturated heterocycles. The van der Waals surface area contributed by atoms with Gasteiger partial charge in [0.2, 0.25) is 0 Å². The SMILES string of the molecule is CCCCC(CC)CS(=O)(=O)OC(=O)CCC(=O)O.[H-].[Na+]. The zero-order chi connectivity index (χ0) is 14.9. The summed E-state index contributed by atoms with van der Waals surface area (Å²) in [6.45, 7) is 3.91. The smallest absolute Gasteiger partial charge is 1.00 e. The molecule has 114 valence electrons. The molecule has 1 unspecified atom stereocenters. The standard InChI is InChI=1S/C12H22O6S.Na.H/c1-3-5-6-10(4-2)9-19(16,17)18-12(15)8-7-11(13)14;;/h10H,3-9H2,1-2H3,(H,13,14);;/q;+1;-1. The molecule has 0 fully saturated rings. The molecule has 0 radical (unpaired) electrons. The van der Waals surface area contributed by atoms with Crippen molar-refractivity contribution in [3.63, 3.8) is 0 Å². The summed E-state index contributed by atoms with van der Waals surface area (Å²) in [4.78, 5) is 21.4. The van der Waals surface area contributed by atoms with E-state index in [1.165, 1.54) is 0 Å². The van der Waals surface area contributed by atoms with E-state index in [-0.39, 0.29) is 42.7 Å². The van der Waals surface area contributed by atoms with E-state index < -0.39 is 34.9 Å². The van der Waals surface area contributed by atoms with Gasteiger partial charge in [-0.05, 0) is 12.3 Å². The van der Waals surface area contributed by atoms with Crippen molar-refractivity contribution >= 4 is 22.1 Å². The number of carbonyl (C=O) groups is 2. The Morgan fingerprint density at radius 2 is 1.85 bits per heavy atom. The number of carbonyl (C=O) groups excluding carboxylic acids is 1. The Hall–Kier alpha value is -0.110. The average molecular weight is 318 g/mol. The van der Waals surface area contributed by atoms with Crippen molar-refractivity contribution in [3.8, 4) is 0 Å². The van der Waals surface area contributed by atoms with Crippen LogP contribution in [0.5, 0.6) is 0 Å². The van der Waals surface area contributed by atoms with Crippen molar-refractivity contribution in [3.05, 3.63) is 0 Å². The first-order chi connectivity index (χ1) is 8.80. The number of aliphatic carboxylic acids is 1. The van der Waals surface area contributed by atoms with Crippen LogP contribution in [0, 0.1) is 5.92 Å². The van der Waals surface area contributed by atoms with Crippen LogP contribution in [0.4, 0.5) is 0 Å². The molecule has 0 aromatic rings. The van der Waals surface area contributed by atoms with Crippen LogP contribution in [0.15, 0.2) is 0 Å². The molecule has 0 spiro atoms. The van der Waals surface area contributed by atoms with Crippen LogP contribution in [0.3, 0.4) is 0 Å². The molecule has 1 atom stereocenters. The molecule has 0 aromatic heterocycles. The molecule has 0 rings (SSSR count). The van der Waals surface area contributed by atoms with E-state index >= 15 is 0 Å². The van der Waals surface area contributed by atoms with Crippen molar-refractivity contribution in [2.24, 2.45) is 5.92 Å². The molecule has 0 bridgehead atoms. The molecule has 0 aromatic carbocycles. The molecule has 6 nitrogen and oxygen atoms in total. The Labute approximate surface area is 144 Å². The van der Waals surface area contributed by atoms with E-state index in [4.69, 9.17) is 5.11 Å². The van der Waals surface area contributed by atoms with E-state index in [0.29, 0.717) is 6.42 Å². The molecular weight excluding hydrogens is 295 g/mol. The van der Waals surface area contributed by atoms with Crippen LogP contribution >= 0.6 is 0 Å². The van der Waals surface area contributed by atoms with Gasteiger partial charge in [0, 0.05) is 0 Å². The summed E-state index contributed by atoms with van der Waals surface area (Å²) in [7, 11) is -3.91. The number of unbranched alkanes of at least 4 members (excludes halogenated alkanes) is 1. The second-order valence-electron chi connectivity index (χ2n) is 4.49. The first-order valence-electron chi connectivity index (χ1n) is 6.47. The summed E-state index contributed by atoms with van der Waals surface area (Å²) in [5.74, 6) is -2.39. The van der Waals surface area contributed by atoms with Crippen LogP contribution < -0.4 is 29.6 Å². The molecule has 0 aliphatic carbocycles. The van der Waals surface area contributed by atoms with Gasteiger partial charge in [-0.25, -0.2) is 0 Å². The maximum atomic E-state index is 11.6.